The van der Waals surface area contributed by atoms with Crippen LogP contribution in [0.5, 0.6) is 11.5 Å². The van der Waals surface area contributed by atoms with Crippen molar-refractivity contribution in [3.05, 3.63) is 65.9 Å². The Bertz CT molecular complexity index is 1490. The average molecular weight is 459 g/mol. The predicted octanol–water partition coefficient (Wildman–Crippen LogP) is 5.53. The molecule has 32 heavy (non-hydrogen) atoms. The largest absolute Gasteiger partial charge is 0.534 e. The number of halogens is 3. The molecule has 4 aromatic rings. The quantitative estimate of drug-likeness (QED) is 0.298. The molecule has 0 saturated heterocycles. The summed E-state index contributed by atoms with van der Waals surface area (Å²) in [5, 5.41) is 2.03. The molecule has 9 heteroatoms. The maximum Gasteiger partial charge on any atom is 0.534 e. The molecule has 0 amide bonds. The smallest absolute Gasteiger partial charge is 0.493 e. The lowest BCUT2D eigenvalue weighted by Crippen LogP contribution is -2.28. The molecule has 5 nitrogen and oxygen atoms in total. The van der Waals surface area contributed by atoms with Crippen molar-refractivity contribution < 1.29 is 30.5 Å². The standard InChI is InChI=1S/C23H16F3NO4S/c1-13-12-15-4-2-3-5-16(15)20(22(13)31-32(28,29)23(24,25)26)17-6-7-18-19-14(9-11-30-18)8-10-27-21(17)19/h2-8,10,12H,9,11H2,1H3. The molecule has 0 saturated carbocycles. The Balaban J connectivity index is 1.88. The zero-order valence-corrected chi connectivity index (χ0v) is 17.5. The molecular formula is C23H16F3NO4S. The van der Waals surface area contributed by atoms with Crippen molar-refractivity contribution in [1.29, 1.82) is 0 Å². The van der Waals surface area contributed by atoms with Gasteiger partial charge in [0.2, 0.25) is 0 Å². The predicted molar refractivity (Wildman–Crippen MR) is 114 cm³/mol. The summed E-state index contributed by atoms with van der Waals surface area (Å²) in [5.41, 5.74) is -3.11. The van der Waals surface area contributed by atoms with Gasteiger partial charge in [0, 0.05) is 29.1 Å². The molecule has 3 aromatic carbocycles. The highest BCUT2D eigenvalue weighted by Gasteiger charge is 2.49. The van der Waals surface area contributed by atoms with Crippen molar-refractivity contribution in [2.24, 2.45) is 0 Å². The van der Waals surface area contributed by atoms with Crippen LogP contribution in [0.2, 0.25) is 0 Å². The van der Waals surface area contributed by atoms with Crippen LogP contribution in [0.1, 0.15) is 11.1 Å². The fraction of sp³-hybridized carbons (Fsp3) is 0.174. The summed E-state index contributed by atoms with van der Waals surface area (Å²) in [6, 6.07) is 13.9. The van der Waals surface area contributed by atoms with Gasteiger partial charge in [0.1, 0.15) is 5.75 Å². The van der Waals surface area contributed by atoms with E-state index in [1.54, 1.807) is 48.7 Å². The van der Waals surface area contributed by atoms with Gasteiger partial charge < -0.3 is 8.92 Å². The van der Waals surface area contributed by atoms with E-state index in [1.165, 1.54) is 6.92 Å². The van der Waals surface area contributed by atoms with Crippen molar-refractivity contribution in [2.75, 3.05) is 6.61 Å². The average Bonchev–Trinajstić information content (AvgIpc) is 2.74. The third-order valence-electron chi connectivity index (χ3n) is 5.50. The normalized spacial score (nSPS) is 13.9. The van der Waals surface area contributed by atoms with E-state index in [9.17, 15) is 21.6 Å². The number of hydrogen-bond acceptors (Lipinski definition) is 5. The zero-order chi connectivity index (χ0) is 22.7. The molecule has 5 rings (SSSR count). The van der Waals surface area contributed by atoms with Gasteiger partial charge in [-0.1, -0.05) is 24.3 Å². The molecule has 164 valence electrons. The van der Waals surface area contributed by atoms with Gasteiger partial charge >= 0.3 is 15.6 Å². The number of fused-ring (bicyclic) bond motifs is 1. The first-order chi connectivity index (χ1) is 15.2. The Kier molecular flexibility index (Phi) is 4.56. The van der Waals surface area contributed by atoms with Crippen LogP contribution in [0.3, 0.4) is 0 Å². The molecule has 0 unspecified atom stereocenters. The molecule has 0 fully saturated rings. The molecule has 0 N–H and O–H groups in total. The van der Waals surface area contributed by atoms with E-state index in [-0.39, 0.29) is 16.9 Å². The minimum absolute atomic E-state index is 0.232. The first kappa shape index (κ1) is 20.6. The lowest BCUT2D eigenvalue weighted by molar-refractivity contribution is -0.0499. The summed E-state index contributed by atoms with van der Waals surface area (Å²) < 4.78 is 73.8. The maximum absolute atomic E-state index is 13.2. The van der Waals surface area contributed by atoms with Crippen LogP contribution < -0.4 is 8.92 Å². The summed E-state index contributed by atoms with van der Waals surface area (Å²) in [4.78, 5) is 4.48. The number of pyridine rings is 1. The van der Waals surface area contributed by atoms with E-state index < -0.39 is 15.6 Å². The van der Waals surface area contributed by atoms with E-state index in [2.05, 4.69) is 4.98 Å². The van der Waals surface area contributed by atoms with Gasteiger partial charge in [-0.15, -0.1) is 0 Å². The number of hydrogen-bond donors (Lipinski definition) is 0. The highest BCUT2D eigenvalue weighted by Crippen LogP contribution is 2.46. The Morgan fingerprint density at radius 1 is 1.09 bits per heavy atom. The Morgan fingerprint density at radius 3 is 2.66 bits per heavy atom. The maximum atomic E-state index is 13.2. The number of nitrogens with zero attached hydrogens (tertiary/aromatic N) is 1. The van der Waals surface area contributed by atoms with E-state index >= 15 is 0 Å². The Hall–Kier alpha value is -3.33. The number of alkyl halides is 3. The second-order valence-corrected chi connectivity index (χ2v) is 9.04. The van der Waals surface area contributed by atoms with Crippen molar-refractivity contribution in [3.63, 3.8) is 0 Å². The second kappa shape index (κ2) is 7.09. The molecule has 0 bridgehead atoms. The highest BCUT2D eigenvalue weighted by atomic mass is 32.2. The van der Waals surface area contributed by atoms with Crippen LogP contribution in [-0.2, 0) is 16.5 Å². The summed E-state index contributed by atoms with van der Waals surface area (Å²) >= 11 is 0. The molecule has 0 aliphatic carbocycles. The molecule has 1 aliphatic heterocycles. The first-order valence-corrected chi connectivity index (χ1v) is 11.1. The summed E-state index contributed by atoms with van der Waals surface area (Å²) in [6.07, 6.45) is 2.29. The van der Waals surface area contributed by atoms with Crippen molar-refractivity contribution >= 4 is 31.8 Å². The van der Waals surface area contributed by atoms with E-state index in [0.717, 1.165) is 16.3 Å². The van der Waals surface area contributed by atoms with Gasteiger partial charge in [-0.2, -0.15) is 21.6 Å². The molecule has 1 aliphatic rings. The third-order valence-corrected chi connectivity index (χ3v) is 6.46. The van der Waals surface area contributed by atoms with Gasteiger partial charge in [-0.25, -0.2) is 0 Å². The van der Waals surface area contributed by atoms with E-state index in [1.807, 2.05) is 6.07 Å². The SMILES string of the molecule is Cc1cc2ccccc2c(-c2ccc3c4c(ccnc24)CCO3)c1OS(=O)(=O)C(F)(F)F. The lowest BCUT2D eigenvalue weighted by Gasteiger charge is -2.22. The molecule has 2 heterocycles. The van der Waals surface area contributed by atoms with E-state index in [0.29, 0.717) is 35.2 Å². The van der Waals surface area contributed by atoms with Crippen LogP contribution in [0.15, 0.2) is 54.7 Å². The zero-order valence-electron chi connectivity index (χ0n) is 16.7. The Labute approximate surface area is 181 Å². The van der Waals surface area contributed by atoms with E-state index in [4.69, 9.17) is 8.92 Å². The summed E-state index contributed by atoms with van der Waals surface area (Å²) in [5.74, 6) is 0.251. The summed E-state index contributed by atoms with van der Waals surface area (Å²) in [7, 11) is -5.88. The van der Waals surface area contributed by atoms with Crippen molar-refractivity contribution in [3.8, 4) is 22.6 Å². The second-order valence-electron chi connectivity index (χ2n) is 7.51. The molecule has 0 radical (unpaired) electrons. The van der Waals surface area contributed by atoms with Crippen molar-refractivity contribution in [1.82, 2.24) is 4.98 Å². The number of rotatable bonds is 3. The minimum atomic E-state index is -5.88. The van der Waals surface area contributed by atoms with Crippen LogP contribution in [0.25, 0.3) is 32.8 Å². The highest BCUT2D eigenvalue weighted by molar-refractivity contribution is 7.88. The number of aryl methyl sites for hydroxylation is 1. The van der Waals surface area contributed by atoms with Gasteiger partial charge in [-0.05, 0) is 53.1 Å². The lowest BCUT2D eigenvalue weighted by atomic mass is 9.91. The number of aromatic nitrogens is 1. The fourth-order valence-corrected chi connectivity index (χ4v) is 4.63. The van der Waals surface area contributed by atoms with Gasteiger partial charge in [0.05, 0.1) is 12.1 Å². The number of benzene rings is 3. The molecule has 0 atom stereocenters. The molecule has 1 aromatic heterocycles. The minimum Gasteiger partial charge on any atom is -0.493 e. The fourth-order valence-electron chi connectivity index (χ4n) is 4.10. The van der Waals surface area contributed by atoms with Gasteiger partial charge in [0.15, 0.2) is 5.75 Å². The monoisotopic (exact) mass is 459 g/mol. The Morgan fingerprint density at radius 2 is 1.88 bits per heavy atom. The molecular weight excluding hydrogens is 443 g/mol. The van der Waals surface area contributed by atoms with Gasteiger partial charge in [0.25, 0.3) is 0 Å². The van der Waals surface area contributed by atoms with Crippen molar-refractivity contribution in [2.45, 2.75) is 18.9 Å². The van der Waals surface area contributed by atoms with Crippen LogP contribution in [0.4, 0.5) is 13.2 Å². The third kappa shape index (κ3) is 3.15. The van der Waals surface area contributed by atoms with Crippen LogP contribution >= 0.6 is 0 Å². The topological polar surface area (TPSA) is 65.5 Å². The summed E-state index contributed by atoms with van der Waals surface area (Å²) in [6.45, 7) is 2.02. The van der Waals surface area contributed by atoms with Gasteiger partial charge in [-0.3, -0.25) is 4.98 Å². The molecule has 0 spiro atoms. The first-order valence-electron chi connectivity index (χ1n) is 9.74. The van der Waals surface area contributed by atoms with Crippen LogP contribution in [0, 0.1) is 6.92 Å². The number of ether oxygens (including phenoxy) is 1. The van der Waals surface area contributed by atoms with Crippen LogP contribution in [-0.4, -0.2) is 25.5 Å².